The van der Waals surface area contributed by atoms with Crippen LogP contribution >= 0.6 is 11.3 Å². The quantitative estimate of drug-likeness (QED) is 0.815. The Morgan fingerprint density at radius 3 is 2.80 bits per heavy atom. The van der Waals surface area contributed by atoms with Gasteiger partial charge in [-0.15, -0.1) is 11.3 Å². The average Bonchev–Trinajstić information content (AvgIpc) is 2.98. The lowest BCUT2D eigenvalue weighted by atomic mass is 10.2. The monoisotopic (exact) mass is 288 g/mol. The van der Waals surface area contributed by atoms with Crippen LogP contribution in [-0.4, -0.2) is 37.1 Å². The Kier molecular flexibility index (Phi) is 3.80. The fourth-order valence-electron chi connectivity index (χ4n) is 2.21. The lowest BCUT2D eigenvalue weighted by Gasteiger charge is -2.27. The number of anilines is 1. The van der Waals surface area contributed by atoms with Gasteiger partial charge in [-0.05, 0) is 18.2 Å². The highest BCUT2D eigenvalue weighted by atomic mass is 32.1. The first-order valence-corrected chi connectivity index (χ1v) is 7.50. The number of aromatic nitrogens is 1. The van der Waals surface area contributed by atoms with Crippen LogP contribution in [0.5, 0.6) is 0 Å². The molecular weight excluding hydrogens is 272 g/mol. The highest BCUT2D eigenvalue weighted by Crippen LogP contribution is 2.31. The summed E-state index contributed by atoms with van der Waals surface area (Å²) in [6.45, 7) is 5.00. The number of hydrogen-bond donors (Lipinski definition) is 0. The molecule has 3 heterocycles. The van der Waals surface area contributed by atoms with E-state index in [9.17, 15) is 4.79 Å². The number of nitrogens with zero attached hydrogens (tertiary/aromatic N) is 2. The van der Waals surface area contributed by atoms with Gasteiger partial charge in [-0.1, -0.05) is 0 Å². The molecule has 0 radical (unpaired) electrons. The summed E-state index contributed by atoms with van der Waals surface area (Å²) in [6, 6.07) is 5.92. The summed E-state index contributed by atoms with van der Waals surface area (Å²) >= 11 is 1.70. The molecule has 3 rings (SSSR count). The van der Waals surface area contributed by atoms with Crippen LogP contribution in [0.15, 0.2) is 29.8 Å². The van der Waals surface area contributed by atoms with Crippen molar-refractivity contribution in [3.63, 3.8) is 0 Å². The van der Waals surface area contributed by atoms with Gasteiger partial charge in [0.25, 0.3) is 0 Å². The molecule has 1 aliphatic heterocycles. The van der Waals surface area contributed by atoms with E-state index in [0.29, 0.717) is 5.69 Å². The number of Topliss-reactive ketones (excluding diaryl/α,β-unsaturated/α-hetero) is 1. The minimum Gasteiger partial charge on any atom is -0.378 e. The van der Waals surface area contributed by atoms with Crippen molar-refractivity contribution in [2.24, 2.45) is 0 Å². The van der Waals surface area contributed by atoms with E-state index in [4.69, 9.17) is 4.74 Å². The number of ether oxygens (including phenoxy) is 1. The maximum atomic E-state index is 11.2. The maximum absolute atomic E-state index is 11.2. The third kappa shape index (κ3) is 2.73. The summed E-state index contributed by atoms with van der Waals surface area (Å²) in [5, 5.41) is 2.17. The molecule has 0 atom stereocenters. The lowest BCUT2D eigenvalue weighted by Crippen LogP contribution is -2.35. The number of rotatable bonds is 3. The van der Waals surface area contributed by atoms with Crippen LogP contribution in [-0.2, 0) is 4.74 Å². The Balaban J connectivity index is 1.80. The molecule has 2 aromatic heterocycles. The normalized spacial score (nSPS) is 15.3. The minimum absolute atomic E-state index is 0.00302. The van der Waals surface area contributed by atoms with Gasteiger partial charge in [0.05, 0.1) is 13.2 Å². The summed E-state index contributed by atoms with van der Waals surface area (Å²) in [7, 11) is 0. The Labute approximate surface area is 122 Å². The van der Waals surface area contributed by atoms with Gasteiger partial charge in [0, 0.05) is 47.7 Å². The lowest BCUT2D eigenvalue weighted by molar-refractivity contribution is 0.101. The molecule has 0 saturated carbocycles. The summed E-state index contributed by atoms with van der Waals surface area (Å²) < 4.78 is 5.37. The minimum atomic E-state index is -0.00302. The number of pyridine rings is 1. The predicted octanol–water partition coefficient (Wildman–Crippen LogP) is 2.85. The number of carbonyl (C=O) groups is 1. The van der Waals surface area contributed by atoms with Crippen molar-refractivity contribution in [3.8, 4) is 10.4 Å². The van der Waals surface area contributed by atoms with E-state index in [0.717, 1.165) is 31.9 Å². The van der Waals surface area contributed by atoms with E-state index in [2.05, 4.69) is 21.3 Å². The predicted molar refractivity (Wildman–Crippen MR) is 80.6 cm³/mol. The number of hydrogen-bond acceptors (Lipinski definition) is 5. The zero-order valence-corrected chi connectivity index (χ0v) is 12.2. The van der Waals surface area contributed by atoms with Crippen molar-refractivity contribution in [2.45, 2.75) is 6.92 Å². The van der Waals surface area contributed by atoms with Crippen LogP contribution in [0, 0.1) is 0 Å². The highest BCUT2D eigenvalue weighted by molar-refractivity contribution is 7.14. The topological polar surface area (TPSA) is 42.4 Å². The molecule has 20 heavy (non-hydrogen) atoms. The molecule has 2 aromatic rings. The van der Waals surface area contributed by atoms with E-state index in [1.54, 1.807) is 23.6 Å². The molecule has 0 aliphatic carbocycles. The molecular formula is C15H16N2O2S. The van der Waals surface area contributed by atoms with Gasteiger partial charge < -0.3 is 9.64 Å². The number of thiophene rings is 1. The molecule has 0 aromatic carbocycles. The molecule has 5 heteroatoms. The molecule has 1 aliphatic rings. The Bertz CT molecular complexity index is 601. The maximum Gasteiger partial charge on any atom is 0.178 e. The largest absolute Gasteiger partial charge is 0.378 e. The van der Waals surface area contributed by atoms with E-state index < -0.39 is 0 Å². The van der Waals surface area contributed by atoms with Gasteiger partial charge in [-0.3, -0.25) is 9.78 Å². The van der Waals surface area contributed by atoms with E-state index >= 15 is 0 Å². The van der Waals surface area contributed by atoms with Gasteiger partial charge in [0.1, 0.15) is 5.69 Å². The molecule has 1 fully saturated rings. The van der Waals surface area contributed by atoms with Crippen LogP contribution in [0.2, 0.25) is 0 Å². The Morgan fingerprint density at radius 2 is 2.15 bits per heavy atom. The zero-order chi connectivity index (χ0) is 13.9. The van der Waals surface area contributed by atoms with Crippen LogP contribution in [0.4, 0.5) is 5.69 Å². The average molecular weight is 288 g/mol. The molecule has 4 nitrogen and oxygen atoms in total. The second-order valence-electron chi connectivity index (χ2n) is 4.76. The standard InChI is InChI=1S/C15H16N2O2S/c1-11(18)14-3-2-12(9-16-14)15-8-13(10-20-15)17-4-6-19-7-5-17/h2-3,8-10H,4-7H2,1H3. The van der Waals surface area contributed by atoms with Crippen LogP contribution < -0.4 is 4.90 Å². The van der Waals surface area contributed by atoms with E-state index in [-0.39, 0.29) is 5.78 Å². The first kappa shape index (κ1) is 13.3. The molecule has 0 unspecified atom stereocenters. The third-order valence-corrected chi connectivity index (χ3v) is 4.34. The molecule has 0 amide bonds. The molecule has 104 valence electrons. The van der Waals surface area contributed by atoms with Crippen LogP contribution in [0.25, 0.3) is 10.4 Å². The van der Waals surface area contributed by atoms with Crippen molar-refractivity contribution in [1.82, 2.24) is 4.98 Å². The fourth-order valence-corrected chi connectivity index (χ4v) is 3.12. The molecule has 0 N–H and O–H groups in total. The summed E-state index contributed by atoms with van der Waals surface area (Å²) in [6.07, 6.45) is 1.77. The first-order valence-electron chi connectivity index (χ1n) is 6.62. The van der Waals surface area contributed by atoms with E-state index in [1.165, 1.54) is 17.5 Å². The van der Waals surface area contributed by atoms with Crippen molar-refractivity contribution >= 4 is 22.8 Å². The summed E-state index contributed by atoms with van der Waals surface area (Å²) in [4.78, 5) is 18.9. The SMILES string of the molecule is CC(=O)c1ccc(-c2cc(N3CCOCC3)cs2)cn1. The number of morpholine rings is 1. The second-order valence-corrected chi connectivity index (χ2v) is 5.67. The molecule has 0 spiro atoms. The van der Waals surface area contributed by atoms with Gasteiger partial charge >= 0.3 is 0 Å². The van der Waals surface area contributed by atoms with Gasteiger partial charge in [0.15, 0.2) is 5.78 Å². The third-order valence-electron chi connectivity index (χ3n) is 3.37. The zero-order valence-electron chi connectivity index (χ0n) is 11.3. The van der Waals surface area contributed by atoms with Crippen molar-refractivity contribution < 1.29 is 9.53 Å². The first-order chi connectivity index (χ1) is 9.74. The van der Waals surface area contributed by atoms with Gasteiger partial charge in [-0.2, -0.15) is 0 Å². The number of carbonyl (C=O) groups excluding carboxylic acids is 1. The summed E-state index contributed by atoms with van der Waals surface area (Å²) in [5.41, 5.74) is 2.81. The van der Waals surface area contributed by atoms with Crippen molar-refractivity contribution in [2.75, 3.05) is 31.2 Å². The molecule has 1 saturated heterocycles. The second kappa shape index (κ2) is 5.73. The molecule has 0 bridgehead atoms. The summed E-state index contributed by atoms with van der Waals surface area (Å²) in [5.74, 6) is -0.00302. The van der Waals surface area contributed by atoms with Crippen LogP contribution in [0.3, 0.4) is 0 Å². The van der Waals surface area contributed by atoms with Gasteiger partial charge in [0.2, 0.25) is 0 Å². The smallest absolute Gasteiger partial charge is 0.178 e. The van der Waals surface area contributed by atoms with Crippen LogP contribution in [0.1, 0.15) is 17.4 Å². The number of ketones is 1. The van der Waals surface area contributed by atoms with E-state index in [1.807, 2.05) is 6.07 Å². The highest BCUT2D eigenvalue weighted by Gasteiger charge is 2.13. The fraction of sp³-hybridized carbons (Fsp3) is 0.333. The van der Waals surface area contributed by atoms with Crippen molar-refractivity contribution in [3.05, 3.63) is 35.5 Å². The van der Waals surface area contributed by atoms with Gasteiger partial charge in [-0.25, -0.2) is 0 Å². The Hall–Kier alpha value is -1.72. The Morgan fingerprint density at radius 1 is 1.35 bits per heavy atom. The van der Waals surface area contributed by atoms with Crippen molar-refractivity contribution in [1.29, 1.82) is 0 Å².